The summed E-state index contributed by atoms with van der Waals surface area (Å²) >= 11 is 1.68. The van der Waals surface area contributed by atoms with Crippen molar-refractivity contribution in [3.63, 3.8) is 0 Å². The number of aldehydes is 1. The van der Waals surface area contributed by atoms with E-state index in [1.807, 2.05) is 33.9 Å². The van der Waals surface area contributed by atoms with E-state index in [4.69, 9.17) is 0 Å². The number of carbonyl (C=O) groups excluding carboxylic acids is 1. The molecule has 0 radical (unpaired) electrons. The average molecular weight is 343 g/mol. The zero-order valence-electron chi connectivity index (χ0n) is 14.7. The van der Waals surface area contributed by atoms with E-state index in [1.165, 1.54) is 0 Å². The number of hydrazine groups is 1. The molecule has 1 aromatic rings. The molecule has 1 aromatic carbocycles. The van der Waals surface area contributed by atoms with Crippen molar-refractivity contribution in [3.8, 4) is 0 Å². The molecule has 0 saturated heterocycles. The molecule has 1 rings (SSSR count). The number of hydrogen-bond acceptors (Lipinski definition) is 6. The maximum absolute atomic E-state index is 10.8. The summed E-state index contributed by atoms with van der Waals surface area (Å²) in [6, 6.07) is 7.20. The fraction of sp³-hybridized carbons (Fsp3) is 0.562. The second kappa shape index (κ2) is 16.9. The summed E-state index contributed by atoms with van der Waals surface area (Å²) < 4.78 is 0. The summed E-state index contributed by atoms with van der Waals surface area (Å²) in [5.41, 5.74) is 6.92. The number of nitrogens with one attached hydrogen (secondary N) is 2. The van der Waals surface area contributed by atoms with Crippen molar-refractivity contribution in [1.29, 1.82) is 0 Å². The topological polar surface area (TPSA) is 84.3 Å². The maximum Gasteiger partial charge on any atom is 0.273 e. The van der Waals surface area contributed by atoms with E-state index in [2.05, 4.69) is 17.8 Å². The molecule has 0 fully saturated rings. The SMILES string of the molecule is CC.CCC=O.CNNC(C)CSCc1ccccc1[N+](=O)[O-]. The molecule has 0 aliphatic carbocycles. The molecule has 6 nitrogen and oxygen atoms in total. The van der Waals surface area contributed by atoms with E-state index < -0.39 is 0 Å². The molecule has 2 N–H and O–H groups in total. The minimum atomic E-state index is -0.328. The summed E-state index contributed by atoms with van der Waals surface area (Å²) in [5, 5.41) is 10.8. The minimum Gasteiger partial charge on any atom is -0.303 e. The van der Waals surface area contributed by atoms with E-state index in [-0.39, 0.29) is 10.6 Å². The Balaban J connectivity index is 0. The molecule has 132 valence electrons. The van der Waals surface area contributed by atoms with Gasteiger partial charge in [-0.3, -0.25) is 21.0 Å². The highest BCUT2D eigenvalue weighted by Gasteiger charge is 2.12. The number of rotatable bonds is 8. The molecule has 0 heterocycles. The number of nitrogens with zero attached hydrogens (tertiary/aromatic N) is 1. The van der Waals surface area contributed by atoms with E-state index in [0.29, 0.717) is 18.2 Å². The molecule has 0 amide bonds. The fourth-order valence-electron chi connectivity index (χ4n) is 1.44. The Morgan fingerprint density at radius 2 is 1.91 bits per heavy atom. The molecule has 0 aromatic heterocycles. The van der Waals surface area contributed by atoms with Crippen molar-refractivity contribution in [2.45, 2.75) is 45.9 Å². The number of hydrogen-bond donors (Lipinski definition) is 2. The monoisotopic (exact) mass is 343 g/mol. The minimum absolute atomic E-state index is 0.203. The van der Waals surface area contributed by atoms with E-state index in [0.717, 1.165) is 17.6 Å². The van der Waals surface area contributed by atoms with Gasteiger partial charge in [-0.1, -0.05) is 39.0 Å². The van der Waals surface area contributed by atoms with Crippen LogP contribution in [0.3, 0.4) is 0 Å². The van der Waals surface area contributed by atoms with Crippen molar-refractivity contribution in [2.75, 3.05) is 12.8 Å². The van der Waals surface area contributed by atoms with Gasteiger partial charge in [0, 0.05) is 35.6 Å². The first-order chi connectivity index (χ1) is 11.1. The van der Waals surface area contributed by atoms with Crippen molar-refractivity contribution in [3.05, 3.63) is 39.9 Å². The lowest BCUT2D eigenvalue weighted by atomic mass is 10.2. The Morgan fingerprint density at radius 3 is 2.39 bits per heavy atom. The molecular weight excluding hydrogens is 314 g/mol. The summed E-state index contributed by atoms with van der Waals surface area (Å²) in [5.74, 6) is 1.56. The molecule has 0 saturated carbocycles. The van der Waals surface area contributed by atoms with Crippen molar-refractivity contribution >= 4 is 23.7 Å². The first kappa shape index (κ1) is 23.8. The van der Waals surface area contributed by atoms with Gasteiger partial charge in [-0.15, -0.1) is 0 Å². The normalized spacial score (nSPS) is 10.5. The zero-order chi connectivity index (χ0) is 18.1. The smallest absolute Gasteiger partial charge is 0.273 e. The molecule has 0 aliphatic heterocycles. The largest absolute Gasteiger partial charge is 0.303 e. The third kappa shape index (κ3) is 12.8. The highest BCUT2D eigenvalue weighted by atomic mass is 32.2. The number of benzene rings is 1. The van der Waals surface area contributed by atoms with Crippen LogP contribution in [0.2, 0.25) is 0 Å². The summed E-state index contributed by atoms with van der Waals surface area (Å²) in [6.45, 7) is 7.87. The quantitative estimate of drug-likeness (QED) is 0.426. The van der Waals surface area contributed by atoms with Crippen LogP contribution in [0.15, 0.2) is 24.3 Å². The van der Waals surface area contributed by atoms with Gasteiger partial charge in [-0.25, -0.2) is 0 Å². The Kier molecular flexibility index (Phi) is 17.5. The maximum atomic E-state index is 10.8. The molecule has 23 heavy (non-hydrogen) atoms. The Labute approximate surface area is 143 Å². The molecule has 1 atom stereocenters. The van der Waals surface area contributed by atoms with Gasteiger partial charge in [-0.05, 0) is 14.0 Å². The second-order valence-electron chi connectivity index (χ2n) is 4.27. The van der Waals surface area contributed by atoms with Gasteiger partial charge in [0.1, 0.15) is 6.29 Å². The lowest BCUT2D eigenvalue weighted by molar-refractivity contribution is -0.385. The predicted molar refractivity (Wildman–Crippen MR) is 98.6 cm³/mol. The lowest BCUT2D eigenvalue weighted by Crippen LogP contribution is -2.37. The number of thioether (sulfide) groups is 1. The van der Waals surface area contributed by atoms with Crippen LogP contribution in [0, 0.1) is 10.1 Å². The van der Waals surface area contributed by atoms with Gasteiger partial charge in [0.25, 0.3) is 5.69 Å². The highest BCUT2D eigenvalue weighted by Crippen LogP contribution is 2.22. The molecular formula is C16H29N3O3S. The Morgan fingerprint density at radius 1 is 1.35 bits per heavy atom. The van der Waals surface area contributed by atoms with Gasteiger partial charge in [-0.2, -0.15) is 11.8 Å². The van der Waals surface area contributed by atoms with Crippen molar-refractivity contribution < 1.29 is 9.72 Å². The van der Waals surface area contributed by atoms with Gasteiger partial charge in [0.15, 0.2) is 0 Å². The van der Waals surface area contributed by atoms with Gasteiger partial charge in [0.2, 0.25) is 0 Å². The van der Waals surface area contributed by atoms with Gasteiger partial charge in [0.05, 0.1) is 4.92 Å². The Bertz CT molecular complexity index is 431. The van der Waals surface area contributed by atoms with Crippen LogP contribution in [0.4, 0.5) is 5.69 Å². The van der Waals surface area contributed by atoms with Gasteiger partial charge < -0.3 is 4.79 Å². The summed E-state index contributed by atoms with van der Waals surface area (Å²) in [7, 11) is 1.82. The second-order valence-corrected chi connectivity index (χ2v) is 5.30. The molecule has 7 heteroatoms. The molecule has 0 aliphatic rings. The lowest BCUT2D eigenvalue weighted by Gasteiger charge is -2.11. The number of nitro benzene ring substituents is 1. The number of nitro groups is 1. The van der Waals surface area contributed by atoms with Crippen LogP contribution >= 0.6 is 11.8 Å². The average Bonchev–Trinajstić information content (AvgIpc) is 2.57. The number of para-hydroxylation sites is 1. The third-order valence-electron chi connectivity index (χ3n) is 2.37. The molecule has 0 spiro atoms. The van der Waals surface area contributed by atoms with Crippen molar-refractivity contribution in [2.24, 2.45) is 0 Å². The first-order valence-corrected chi connectivity index (χ1v) is 8.88. The summed E-state index contributed by atoms with van der Waals surface area (Å²) in [6.07, 6.45) is 1.51. The van der Waals surface area contributed by atoms with Crippen LogP contribution in [0.1, 0.15) is 39.7 Å². The summed E-state index contributed by atoms with van der Waals surface area (Å²) in [4.78, 5) is 19.6. The van der Waals surface area contributed by atoms with Crippen LogP contribution in [-0.4, -0.2) is 30.1 Å². The predicted octanol–water partition coefficient (Wildman–Crippen LogP) is 3.56. The van der Waals surface area contributed by atoms with Gasteiger partial charge >= 0.3 is 0 Å². The van der Waals surface area contributed by atoms with E-state index in [9.17, 15) is 14.9 Å². The van der Waals surface area contributed by atoms with E-state index in [1.54, 1.807) is 30.0 Å². The number of carbonyl (C=O) groups is 1. The van der Waals surface area contributed by atoms with Crippen LogP contribution < -0.4 is 10.9 Å². The van der Waals surface area contributed by atoms with Crippen LogP contribution in [0.5, 0.6) is 0 Å². The highest BCUT2D eigenvalue weighted by molar-refractivity contribution is 7.98. The molecule has 1 unspecified atom stereocenters. The Hall–Kier alpha value is -1.44. The van der Waals surface area contributed by atoms with Crippen LogP contribution in [0.25, 0.3) is 0 Å². The molecule has 0 bridgehead atoms. The standard InChI is InChI=1S/C11H17N3O2S.C3H6O.C2H6/c1-9(13-12-2)7-17-8-10-5-3-4-6-11(10)14(15)16;1-2-3-4;1-2/h3-6,9,12-13H,7-8H2,1-2H3;3H,2H2,1H3;1-2H3. The fourth-order valence-corrected chi connectivity index (χ4v) is 2.46. The third-order valence-corrected chi connectivity index (χ3v) is 3.62. The van der Waals surface area contributed by atoms with Crippen molar-refractivity contribution in [1.82, 2.24) is 10.9 Å². The zero-order valence-corrected chi connectivity index (χ0v) is 15.5. The van der Waals surface area contributed by atoms with Crippen LogP contribution in [-0.2, 0) is 10.5 Å². The first-order valence-electron chi connectivity index (χ1n) is 7.72. The van der Waals surface area contributed by atoms with E-state index >= 15 is 0 Å².